The number of nitrogens with one attached hydrogen (secondary N) is 1. The molecule has 8 nitrogen and oxygen atoms in total. The first-order valence-corrected chi connectivity index (χ1v) is 11.8. The van der Waals surface area contributed by atoms with Gasteiger partial charge in [-0.15, -0.1) is 0 Å². The molecule has 31 heavy (non-hydrogen) atoms. The van der Waals surface area contributed by atoms with Crippen LogP contribution in [0, 0.1) is 0 Å². The molecule has 0 saturated carbocycles. The fourth-order valence-electron chi connectivity index (χ4n) is 3.61. The Morgan fingerprint density at radius 3 is 2.45 bits per heavy atom. The number of nitrogens with zero attached hydrogens (tertiary/aromatic N) is 2. The Hall–Kier alpha value is -2.62. The van der Waals surface area contributed by atoms with Crippen molar-refractivity contribution in [3.05, 3.63) is 53.1 Å². The fraction of sp³-hybridized carbons (Fsp3) is 0.333. The standard InChI is InChI=1S/C21H22ClN3O5S/c1-2-18-20(26)23-17-13-16(7-8-19(17)30-18)31(28,29)25-11-9-24(10-12-25)21(27)14-3-5-15(22)6-4-14/h3-8,13,18H,2,9-12H2,1H3,(H,23,26)/t18-/m0/s1. The Morgan fingerprint density at radius 1 is 1.13 bits per heavy atom. The van der Waals surface area contributed by atoms with Gasteiger partial charge in [-0.2, -0.15) is 4.31 Å². The van der Waals surface area contributed by atoms with Crippen molar-refractivity contribution in [1.82, 2.24) is 9.21 Å². The van der Waals surface area contributed by atoms with Crippen LogP contribution < -0.4 is 10.1 Å². The average Bonchev–Trinajstić information content (AvgIpc) is 2.78. The van der Waals surface area contributed by atoms with Crippen molar-refractivity contribution in [2.24, 2.45) is 0 Å². The SMILES string of the molecule is CC[C@@H]1Oc2ccc(S(=O)(=O)N3CCN(C(=O)c4ccc(Cl)cc4)CC3)cc2NC1=O. The van der Waals surface area contributed by atoms with Crippen molar-refractivity contribution >= 4 is 39.1 Å². The summed E-state index contributed by atoms with van der Waals surface area (Å²) in [6.45, 7) is 2.76. The summed E-state index contributed by atoms with van der Waals surface area (Å²) in [7, 11) is -3.78. The van der Waals surface area contributed by atoms with Gasteiger partial charge in [-0.3, -0.25) is 9.59 Å². The number of sulfonamides is 1. The van der Waals surface area contributed by atoms with Gasteiger partial charge in [0, 0.05) is 36.8 Å². The van der Waals surface area contributed by atoms with Crippen LogP contribution in [-0.2, 0) is 14.8 Å². The molecular formula is C21H22ClN3O5S. The molecular weight excluding hydrogens is 442 g/mol. The van der Waals surface area contributed by atoms with Crippen molar-refractivity contribution in [2.45, 2.75) is 24.3 Å². The summed E-state index contributed by atoms with van der Waals surface area (Å²) in [6, 6.07) is 11.1. The minimum atomic E-state index is -3.78. The Kier molecular flexibility index (Phi) is 5.92. The van der Waals surface area contributed by atoms with Gasteiger partial charge in [-0.25, -0.2) is 8.42 Å². The van der Waals surface area contributed by atoms with Gasteiger partial charge in [0.05, 0.1) is 10.6 Å². The molecule has 0 aliphatic carbocycles. The van der Waals surface area contributed by atoms with Gasteiger partial charge < -0.3 is 15.0 Å². The van der Waals surface area contributed by atoms with E-state index in [1.54, 1.807) is 35.2 Å². The highest BCUT2D eigenvalue weighted by Gasteiger charge is 2.32. The molecule has 164 valence electrons. The maximum Gasteiger partial charge on any atom is 0.265 e. The van der Waals surface area contributed by atoms with Gasteiger partial charge in [0.1, 0.15) is 5.75 Å². The van der Waals surface area contributed by atoms with Crippen LogP contribution in [0.1, 0.15) is 23.7 Å². The lowest BCUT2D eigenvalue weighted by Gasteiger charge is -2.34. The van der Waals surface area contributed by atoms with E-state index in [-0.39, 0.29) is 42.9 Å². The summed E-state index contributed by atoms with van der Waals surface area (Å²) >= 11 is 5.87. The number of hydrogen-bond donors (Lipinski definition) is 1. The van der Waals surface area contributed by atoms with E-state index in [4.69, 9.17) is 16.3 Å². The van der Waals surface area contributed by atoms with Crippen LogP contribution in [0.2, 0.25) is 5.02 Å². The van der Waals surface area contributed by atoms with Gasteiger partial charge in [-0.05, 0) is 48.9 Å². The topological polar surface area (TPSA) is 96.0 Å². The van der Waals surface area contributed by atoms with Crippen LogP contribution in [0.3, 0.4) is 0 Å². The molecule has 2 aromatic rings. The predicted octanol–water partition coefficient (Wildman–Crippen LogP) is 2.60. The summed E-state index contributed by atoms with van der Waals surface area (Å²) < 4.78 is 33.2. The largest absolute Gasteiger partial charge is 0.478 e. The summed E-state index contributed by atoms with van der Waals surface area (Å²) in [4.78, 5) is 26.4. The Morgan fingerprint density at radius 2 is 1.81 bits per heavy atom. The molecule has 0 spiro atoms. The highest BCUT2D eigenvalue weighted by Crippen LogP contribution is 2.33. The van der Waals surface area contributed by atoms with Gasteiger partial charge >= 0.3 is 0 Å². The maximum atomic E-state index is 13.1. The number of ether oxygens (including phenoxy) is 1. The summed E-state index contributed by atoms with van der Waals surface area (Å²) in [5.74, 6) is -0.00418. The molecule has 1 atom stereocenters. The van der Waals surface area contributed by atoms with Crippen molar-refractivity contribution < 1.29 is 22.7 Å². The number of carbonyl (C=O) groups is 2. The third-order valence-corrected chi connectivity index (χ3v) is 7.54. The smallest absolute Gasteiger partial charge is 0.265 e. The summed E-state index contributed by atoms with van der Waals surface area (Å²) in [6.07, 6.45) is -0.0640. The van der Waals surface area contributed by atoms with E-state index in [1.807, 2.05) is 6.92 Å². The minimum absolute atomic E-state index is 0.0718. The minimum Gasteiger partial charge on any atom is -0.478 e. The van der Waals surface area contributed by atoms with Crippen molar-refractivity contribution in [1.29, 1.82) is 0 Å². The zero-order valence-corrected chi connectivity index (χ0v) is 18.4. The normalized spacial score (nSPS) is 19.4. The molecule has 2 amide bonds. The molecule has 2 aliphatic heterocycles. The average molecular weight is 464 g/mol. The van der Waals surface area contributed by atoms with Crippen LogP contribution in [0.15, 0.2) is 47.4 Å². The highest BCUT2D eigenvalue weighted by atomic mass is 35.5. The quantitative estimate of drug-likeness (QED) is 0.751. The maximum absolute atomic E-state index is 13.1. The van der Waals surface area contributed by atoms with E-state index in [9.17, 15) is 18.0 Å². The van der Waals surface area contributed by atoms with E-state index in [2.05, 4.69) is 5.32 Å². The Balaban J connectivity index is 1.46. The molecule has 0 bridgehead atoms. The van der Waals surface area contributed by atoms with Crippen LogP contribution in [0.25, 0.3) is 0 Å². The lowest BCUT2D eigenvalue weighted by Crippen LogP contribution is -2.50. The number of anilines is 1. The lowest BCUT2D eigenvalue weighted by atomic mass is 10.2. The number of hydrogen-bond acceptors (Lipinski definition) is 5. The fourth-order valence-corrected chi connectivity index (χ4v) is 5.19. The lowest BCUT2D eigenvalue weighted by molar-refractivity contribution is -0.123. The van der Waals surface area contributed by atoms with E-state index in [1.165, 1.54) is 16.4 Å². The molecule has 1 fully saturated rings. The van der Waals surface area contributed by atoms with E-state index in [0.717, 1.165) is 0 Å². The molecule has 1 saturated heterocycles. The first-order chi connectivity index (χ1) is 14.8. The molecule has 2 aromatic carbocycles. The molecule has 4 rings (SSSR count). The molecule has 0 aromatic heterocycles. The third kappa shape index (κ3) is 4.26. The Bertz CT molecular complexity index is 1110. The molecule has 2 aliphatic rings. The summed E-state index contributed by atoms with van der Waals surface area (Å²) in [5.41, 5.74) is 0.851. The van der Waals surface area contributed by atoms with E-state index in [0.29, 0.717) is 28.4 Å². The molecule has 0 radical (unpaired) electrons. The molecule has 10 heteroatoms. The highest BCUT2D eigenvalue weighted by molar-refractivity contribution is 7.89. The number of carbonyl (C=O) groups excluding carboxylic acids is 2. The van der Waals surface area contributed by atoms with Gasteiger partial charge in [0.15, 0.2) is 6.10 Å². The van der Waals surface area contributed by atoms with Gasteiger partial charge in [0.25, 0.3) is 11.8 Å². The number of halogens is 1. The van der Waals surface area contributed by atoms with Crippen LogP contribution in [0.4, 0.5) is 5.69 Å². The van der Waals surface area contributed by atoms with E-state index >= 15 is 0 Å². The van der Waals surface area contributed by atoms with Crippen LogP contribution in [-0.4, -0.2) is 61.7 Å². The molecule has 0 unspecified atom stereocenters. The second kappa shape index (κ2) is 8.49. The molecule has 2 heterocycles. The zero-order valence-electron chi connectivity index (χ0n) is 16.9. The van der Waals surface area contributed by atoms with Gasteiger partial charge in [0.2, 0.25) is 10.0 Å². The van der Waals surface area contributed by atoms with Gasteiger partial charge in [-0.1, -0.05) is 18.5 Å². The van der Waals surface area contributed by atoms with Crippen molar-refractivity contribution in [3.8, 4) is 5.75 Å². The number of rotatable bonds is 4. The second-order valence-electron chi connectivity index (χ2n) is 7.37. The zero-order chi connectivity index (χ0) is 22.2. The Labute approximate surface area is 185 Å². The number of fused-ring (bicyclic) bond motifs is 1. The first-order valence-electron chi connectivity index (χ1n) is 9.96. The molecule has 1 N–H and O–H groups in total. The predicted molar refractivity (Wildman–Crippen MR) is 116 cm³/mol. The number of benzene rings is 2. The van der Waals surface area contributed by atoms with Crippen LogP contribution in [0.5, 0.6) is 5.75 Å². The third-order valence-electron chi connectivity index (χ3n) is 5.40. The first kappa shape index (κ1) is 21.6. The van der Waals surface area contributed by atoms with Crippen molar-refractivity contribution in [2.75, 3.05) is 31.5 Å². The second-order valence-corrected chi connectivity index (χ2v) is 9.74. The number of amides is 2. The van der Waals surface area contributed by atoms with Crippen LogP contribution >= 0.6 is 11.6 Å². The van der Waals surface area contributed by atoms with Crippen molar-refractivity contribution in [3.63, 3.8) is 0 Å². The monoisotopic (exact) mass is 463 g/mol. The number of piperazine rings is 1. The van der Waals surface area contributed by atoms with E-state index < -0.39 is 16.1 Å². The summed E-state index contributed by atoms with van der Waals surface area (Å²) in [5, 5.41) is 3.26.